The number of aryl methyl sites for hydroxylation is 1. The molecule has 0 radical (unpaired) electrons. The van der Waals surface area contributed by atoms with Gasteiger partial charge in [-0.15, -0.1) is 12.4 Å². The van der Waals surface area contributed by atoms with Crippen molar-refractivity contribution in [2.24, 2.45) is 0 Å². The standard InChI is InChI=1S/C17H25NO3.ClH/c1-14-5-7-15(8-6-14)21-16-9-12-18(13-10-16)11-3-2-4-17(19)20;/h5-8,16H,2-4,9-13H2,1H3,(H,19,20);1H. The Balaban J connectivity index is 0.00000242. The van der Waals surface area contributed by atoms with Crippen molar-refractivity contribution in [2.75, 3.05) is 19.6 Å². The van der Waals surface area contributed by atoms with Gasteiger partial charge in [-0.3, -0.25) is 4.79 Å². The number of likely N-dealkylation sites (tertiary alicyclic amines) is 1. The molecule has 1 aliphatic heterocycles. The quantitative estimate of drug-likeness (QED) is 0.778. The molecule has 1 fully saturated rings. The lowest BCUT2D eigenvalue weighted by atomic mass is 10.1. The molecule has 0 atom stereocenters. The van der Waals surface area contributed by atoms with Gasteiger partial charge in [0.2, 0.25) is 0 Å². The molecule has 22 heavy (non-hydrogen) atoms. The van der Waals surface area contributed by atoms with Gasteiger partial charge >= 0.3 is 5.97 Å². The number of carbonyl (C=O) groups is 1. The summed E-state index contributed by atoms with van der Waals surface area (Å²) in [6.45, 7) is 5.17. The maximum Gasteiger partial charge on any atom is 0.303 e. The Morgan fingerprint density at radius 1 is 1.23 bits per heavy atom. The average molecular weight is 328 g/mol. The zero-order chi connectivity index (χ0) is 15.1. The van der Waals surface area contributed by atoms with Gasteiger partial charge in [0, 0.05) is 19.5 Å². The third-order valence-corrected chi connectivity index (χ3v) is 3.97. The van der Waals surface area contributed by atoms with E-state index in [9.17, 15) is 4.79 Å². The molecule has 0 amide bonds. The SMILES string of the molecule is Cc1ccc(OC2CCN(CCCCC(=O)O)CC2)cc1.Cl. The van der Waals surface area contributed by atoms with Crippen LogP contribution >= 0.6 is 12.4 Å². The summed E-state index contributed by atoms with van der Waals surface area (Å²) in [6, 6.07) is 8.22. The van der Waals surface area contributed by atoms with Gasteiger partial charge in [-0.25, -0.2) is 0 Å². The van der Waals surface area contributed by atoms with Crippen molar-refractivity contribution in [3.05, 3.63) is 29.8 Å². The number of rotatable bonds is 7. The van der Waals surface area contributed by atoms with Crippen LogP contribution in [0.5, 0.6) is 5.75 Å². The molecule has 0 bridgehead atoms. The van der Waals surface area contributed by atoms with Crippen molar-refractivity contribution in [2.45, 2.75) is 45.1 Å². The van der Waals surface area contributed by atoms with Gasteiger partial charge in [-0.1, -0.05) is 17.7 Å². The van der Waals surface area contributed by atoms with Crippen LogP contribution in [-0.4, -0.2) is 41.7 Å². The minimum absolute atomic E-state index is 0. The van der Waals surface area contributed by atoms with Crippen LogP contribution in [0.4, 0.5) is 0 Å². The van der Waals surface area contributed by atoms with Crippen molar-refractivity contribution in [1.29, 1.82) is 0 Å². The lowest BCUT2D eigenvalue weighted by molar-refractivity contribution is -0.137. The van der Waals surface area contributed by atoms with E-state index in [1.165, 1.54) is 5.56 Å². The topological polar surface area (TPSA) is 49.8 Å². The number of carboxylic acid groups (broad SMARTS) is 1. The number of hydrogen-bond donors (Lipinski definition) is 1. The van der Waals surface area contributed by atoms with E-state index < -0.39 is 5.97 Å². The zero-order valence-corrected chi connectivity index (χ0v) is 14.0. The summed E-state index contributed by atoms with van der Waals surface area (Å²) in [7, 11) is 0. The molecular formula is C17H26ClNO3. The fourth-order valence-electron chi connectivity index (χ4n) is 2.67. The van der Waals surface area contributed by atoms with Crippen molar-refractivity contribution in [1.82, 2.24) is 4.90 Å². The molecule has 1 heterocycles. The Labute approximate surface area is 138 Å². The first-order chi connectivity index (χ1) is 10.1. The molecule has 5 heteroatoms. The average Bonchev–Trinajstić information content (AvgIpc) is 2.47. The largest absolute Gasteiger partial charge is 0.490 e. The number of benzene rings is 1. The fraction of sp³-hybridized carbons (Fsp3) is 0.588. The first kappa shape index (κ1) is 18.8. The second kappa shape index (κ2) is 9.70. The number of piperidine rings is 1. The van der Waals surface area contributed by atoms with Crippen LogP contribution in [0.1, 0.15) is 37.7 Å². The second-order valence-electron chi connectivity index (χ2n) is 5.82. The van der Waals surface area contributed by atoms with Crippen LogP contribution in [0.3, 0.4) is 0 Å². The van der Waals surface area contributed by atoms with Crippen LogP contribution in [0.25, 0.3) is 0 Å². The van der Waals surface area contributed by atoms with Crippen LogP contribution in [0.2, 0.25) is 0 Å². The maximum atomic E-state index is 10.5. The van der Waals surface area contributed by atoms with Gasteiger partial charge in [0.15, 0.2) is 0 Å². The van der Waals surface area contributed by atoms with Crippen LogP contribution in [0, 0.1) is 6.92 Å². The highest BCUT2D eigenvalue weighted by atomic mass is 35.5. The van der Waals surface area contributed by atoms with E-state index in [4.69, 9.17) is 9.84 Å². The molecule has 4 nitrogen and oxygen atoms in total. The number of nitrogens with zero attached hydrogens (tertiary/aromatic N) is 1. The molecular weight excluding hydrogens is 302 g/mol. The lowest BCUT2D eigenvalue weighted by Crippen LogP contribution is -2.38. The van der Waals surface area contributed by atoms with Gasteiger partial charge in [0.05, 0.1) is 0 Å². The molecule has 1 saturated heterocycles. The summed E-state index contributed by atoms with van der Waals surface area (Å²) in [6.07, 6.45) is 4.43. The van der Waals surface area contributed by atoms with Crippen LogP contribution in [0.15, 0.2) is 24.3 Å². The van der Waals surface area contributed by atoms with Gasteiger partial charge in [0.25, 0.3) is 0 Å². The molecule has 124 valence electrons. The summed E-state index contributed by atoms with van der Waals surface area (Å²) in [5, 5.41) is 8.61. The molecule has 1 N–H and O–H groups in total. The van der Waals surface area contributed by atoms with Crippen molar-refractivity contribution in [3.8, 4) is 5.75 Å². The van der Waals surface area contributed by atoms with Crippen molar-refractivity contribution < 1.29 is 14.6 Å². The Bertz CT molecular complexity index is 442. The highest BCUT2D eigenvalue weighted by molar-refractivity contribution is 5.85. The normalized spacial score (nSPS) is 16.0. The summed E-state index contributed by atoms with van der Waals surface area (Å²) in [5.74, 6) is 0.265. The molecule has 1 aromatic rings. The summed E-state index contributed by atoms with van der Waals surface area (Å²) >= 11 is 0. The summed E-state index contributed by atoms with van der Waals surface area (Å²) < 4.78 is 6.01. The number of aliphatic carboxylic acids is 1. The van der Waals surface area contributed by atoms with Crippen LogP contribution < -0.4 is 4.74 Å². The lowest BCUT2D eigenvalue weighted by Gasteiger charge is -2.32. The minimum atomic E-state index is -0.694. The predicted molar refractivity (Wildman–Crippen MR) is 90.0 cm³/mol. The smallest absolute Gasteiger partial charge is 0.303 e. The number of unbranched alkanes of at least 4 members (excludes halogenated alkanes) is 1. The highest BCUT2D eigenvalue weighted by Crippen LogP contribution is 2.19. The van der Waals surface area contributed by atoms with Gasteiger partial charge in [0.1, 0.15) is 11.9 Å². The number of hydrogen-bond acceptors (Lipinski definition) is 3. The third kappa shape index (κ3) is 6.67. The molecule has 2 rings (SSSR count). The Hall–Kier alpha value is -1.26. The van der Waals surface area contributed by atoms with E-state index in [2.05, 4.69) is 24.0 Å². The van der Waals surface area contributed by atoms with Gasteiger partial charge in [-0.05, 0) is 51.3 Å². The molecule has 0 aliphatic carbocycles. The summed E-state index contributed by atoms with van der Waals surface area (Å²) in [5.41, 5.74) is 1.25. The zero-order valence-electron chi connectivity index (χ0n) is 13.2. The van der Waals surface area contributed by atoms with E-state index in [-0.39, 0.29) is 18.8 Å². The molecule has 0 aromatic heterocycles. The predicted octanol–water partition coefficient (Wildman–Crippen LogP) is 3.51. The van der Waals surface area contributed by atoms with Crippen molar-refractivity contribution in [3.63, 3.8) is 0 Å². The number of ether oxygens (including phenoxy) is 1. The number of carboxylic acids is 1. The Morgan fingerprint density at radius 3 is 2.45 bits per heavy atom. The Morgan fingerprint density at radius 2 is 1.86 bits per heavy atom. The summed E-state index contributed by atoms with van der Waals surface area (Å²) in [4.78, 5) is 12.9. The first-order valence-corrected chi connectivity index (χ1v) is 7.81. The van der Waals surface area contributed by atoms with Crippen LogP contribution in [-0.2, 0) is 4.79 Å². The van der Waals surface area contributed by atoms with E-state index >= 15 is 0 Å². The van der Waals surface area contributed by atoms with Gasteiger partial charge in [-0.2, -0.15) is 0 Å². The number of halogens is 1. The first-order valence-electron chi connectivity index (χ1n) is 7.81. The van der Waals surface area contributed by atoms with Crippen molar-refractivity contribution >= 4 is 18.4 Å². The van der Waals surface area contributed by atoms with E-state index in [1.54, 1.807) is 0 Å². The molecule has 1 aliphatic rings. The Kier molecular flexibility index (Phi) is 8.28. The second-order valence-corrected chi connectivity index (χ2v) is 5.82. The fourth-order valence-corrected chi connectivity index (χ4v) is 2.67. The van der Waals surface area contributed by atoms with E-state index in [0.717, 1.165) is 51.1 Å². The minimum Gasteiger partial charge on any atom is -0.490 e. The molecule has 0 saturated carbocycles. The van der Waals surface area contributed by atoms with Gasteiger partial charge < -0.3 is 14.7 Å². The van der Waals surface area contributed by atoms with E-state index in [0.29, 0.717) is 6.10 Å². The monoisotopic (exact) mass is 327 g/mol. The molecule has 0 spiro atoms. The highest BCUT2D eigenvalue weighted by Gasteiger charge is 2.20. The maximum absolute atomic E-state index is 10.5. The molecule has 0 unspecified atom stereocenters. The van der Waals surface area contributed by atoms with E-state index in [1.807, 2.05) is 12.1 Å². The molecule has 1 aromatic carbocycles. The third-order valence-electron chi connectivity index (χ3n) is 3.97.